The molecule has 0 saturated carbocycles. The van der Waals surface area contributed by atoms with Crippen molar-refractivity contribution in [1.29, 1.82) is 0 Å². The standard InChI is InChI=1S/C20H14O2/c1-13(21)22-20-8-4-7-16-18-10-9-14-5-2-3-6-15(14)17(18)11-12-19(16)20/h2-12H,1H3. The summed E-state index contributed by atoms with van der Waals surface area (Å²) in [6, 6.07) is 22.6. The number of benzene rings is 4. The summed E-state index contributed by atoms with van der Waals surface area (Å²) in [5.74, 6) is 0.311. The molecular formula is C20H14O2. The molecule has 0 aliphatic carbocycles. The second-order valence-electron chi connectivity index (χ2n) is 5.39. The van der Waals surface area contributed by atoms with Crippen molar-refractivity contribution >= 4 is 38.3 Å². The molecule has 106 valence electrons. The van der Waals surface area contributed by atoms with Crippen molar-refractivity contribution in [3.8, 4) is 5.75 Å². The van der Waals surface area contributed by atoms with Crippen LogP contribution >= 0.6 is 0 Å². The predicted molar refractivity (Wildman–Crippen MR) is 90.3 cm³/mol. The predicted octanol–water partition coefficient (Wildman–Crippen LogP) is 5.07. The molecule has 0 atom stereocenters. The van der Waals surface area contributed by atoms with E-state index in [1.54, 1.807) is 0 Å². The normalized spacial score (nSPS) is 11.1. The molecule has 0 fully saturated rings. The molecule has 4 aromatic rings. The highest BCUT2D eigenvalue weighted by Gasteiger charge is 2.08. The quantitative estimate of drug-likeness (QED) is 0.277. The van der Waals surface area contributed by atoms with E-state index < -0.39 is 0 Å². The highest BCUT2D eigenvalue weighted by Crippen LogP contribution is 2.34. The summed E-state index contributed by atoms with van der Waals surface area (Å²) in [6.45, 7) is 1.42. The van der Waals surface area contributed by atoms with Gasteiger partial charge in [0.05, 0.1) is 0 Å². The Morgan fingerprint density at radius 1 is 0.682 bits per heavy atom. The molecule has 0 amide bonds. The summed E-state index contributed by atoms with van der Waals surface area (Å²) in [5, 5.41) is 6.91. The van der Waals surface area contributed by atoms with E-state index in [1.807, 2.05) is 24.3 Å². The van der Waals surface area contributed by atoms with Crippen LogP contribution in [0.5, 0.6) is 5.75 Å². The Balaban J connectivity index is 2.11. The summed E-state index contributed by atoms with van der Waals surface area (Å²) in [6.07, 6.45) is 0. The summed E-state index contributed by atoms with van der Waals surface area (Å²) in [5.41, 5.74) is 0. The molecule has 0 aromatic heterocycles. The summed E-state index contributed by atoms with van der Waals surface area (Å²) < 4.78 is 5.32. The second-order valence-corrected chi connectivity index (χ2v) is 5.39. The first-order chi connectivity index (χ1) is 10.7. The molecule has 0 saturated heterocycles. The van der Waals surface area contributed by atoms with Gasteiger partial charge in [-0.05, 0) is 39.1 Å². The van der Waals surface area contributed by atoms with E-state index in [0.717, 1.165) is 10.8 Å². The number of rotatable bonds is 1. The minimum Gasteiger partial charge on any atom is -0.426 e. The van der Waals surface area contributed by atoms with Gasteiger partial charge in [0.15, 0.2) is 0 Å². The van der Waals surface area contributed by atoms with Gasteiger partial charge in [0.2, 0.25) is 0 Å². The minimum absolute atomic E-state index is 0.300. The third kappa shape index (κ3) is 1.92. The number of ether oxygens (including phenoxy) is 1. The molecule has 0 radical (unpaired) electrons. The van der Waals surface area contributed by atoms with Gasteiger partial charge < -0.3 is 4.74 Å². The van der Waals surface area contributed by atoms with Crippen LogP contribution in [0.15, 0.2) is 66.7 Å². The van der Waals surface area contributed by atoms with Crippen molar-refractivity contribution in [2.75, 3.05) is 0 Å². The number of carbonyl (C=O) groups excluding carboxylic acids is 1. The van der Waals surface area contributed by atoms with Crippen molar-refractivity contribution in [1.82, 2.24) is 0 Å². The maximum atomic E-state index is 11.3. The van der Waals surface area contributed by atoms with Crippen LogP contribution in [0.1, 0.15) is 6.92 Å². The molecule has 0 aliphatic heterocycles. The lowest BCUT2D eigenvalue weighted by atomic mass is 9.97. The first-order valence-corrected chi connectivity index (χ1v) is 7.26. The number of fused-ring (bicyclic) bond motifs is 5. The largest absolute Gasteiger partial charge is 0.426 e. The van der Waals surface area contributed by atoms with Gasteiger partial charge >= 0.3 is 5.97 Å². The lowest BCUT2D eigenvalue weighted by Gasteiger charge is -2.10. The fourth-order valence-electron chi connectivity index (χ4n) is 3.07. The van der Waals surface area contributed by atoms with Gasteiger partial charge in [0.25, 0.3) is 0 Å². The molecule has 0 spiro atoms. The molecule has 22 heavy (non-hydrogen) atoms. The van der Waals surface area contributed by atoms with Crippen LogP contribution in [0.2, 0.25) is 0 Å². The summed E-state index contributed by atoms with van der Waals surface area (Å²) in [4.78, 5) is 11.3. The Morgan fingerprint density at radius 3 is 2.18 bits per heavy atom. The number of hydrogen-bond donors (Lipinski definition) is 0. The van der Waals surface area contributed by atoms with Crippen molar-refractivity contribution in [2.24, 2.45) is 0 Å². The average molecular weight is 286 g/mol. The van der Waals surface area contributed by atoms with Crippen molar-refractivity contribution in [3.05, 3.63) is 66.7 Å². The number of carbonyl (C=O) groups is 1. The fourth-order valence-corrected chi connectivity index (χ4v) is 3.07. The average Bonchev–Trinajstić information content (AvgIpc) is 2.54. The third-order valence-electron chi connectivity index (χ3n) is 4.00. The molecule has 0 aliphatic rings. The van der Waals surface area contributed by atoms with Gasteiger partial charge in [0.1, 0.15) is 5.75 Å². The van der Waals surface area contributed by atoms with Gasteiger partial charge in [0, 0.05) is 12.3 Å². The van der Waals surface area contributed by atoms with E-state index in [2.05, 4.69) is 42.5 Å². The molecule has 4 rings (SSSR count). The van der Waals surface area contributed by atoms with Crippen LogP contribution in [0.4, 0.5) is 0 Å². The minimum atomic E-state index is -0.300. The molecular weight excluding hydrogens is 272 g/mol. The number of esters is 1. The first-order valence-electron chi connectivity index (χ1n) is 7.26. The Kier molecular flexibility index (Phi) is 2.83. The smallest absolute Gasteiger partial charge is 0.308 e. The molecule has 2 nitrogen and oxygen atoms in total. The Bertz CT molecular complexity index is 1030. The number of hydrogen-bond acceptors (Lipinski definition) is 2. The first kappa shape index (κ1) is 12.8. The highest BCUT2D eigenvalue weighted by atomic mass is 16.5. The maximum absolute atomic E-state index is 11.3. The molecule has 2 heteroatoms. The summed E-state index contributed by atoms with van der Waals surface area (Å²) >= 11 is 0. The van der Waals surface area contributed by atoms with Crippen LogP contribution < -0.4 is 4.74 Å². The second kappa shape index (κ2) is 4.85. The summed E-state index contributed by atoms with van der Waals surface area (Å²) in [7, 11) is 0. The van der Waals surface area contributed by atoms with Crippen molar-refractivity contribution in [2.45, 2.75) is 6.92 Å². The molecule has 0 N–H and O–H groups in total. The van der Waals surface area contributed by atoms with Gasteiger partial charge in [-0.15, -0.1) is 0 Å². The fraction of sp³-hybridized carbons (Fsp3) is 0.0500. The van der Waals surface area contributed by atoms with E-state index in [-0.39, 0.29) is 5.97 Å². The SMILES string of the molecule is CC(=O)Oc1cccc2c1ccc1c3ccccc3ccc21. The van der Waals surface area contributed by atoms with Gasteiger partial charge in [-0.3, -0.25) is 4.79 Å². The lowest BCUT2D eigenvalue weighted by Crippen LogP contribution is -2.01. The molecule has 0 unspecified atom stereocenters. The zero-order chi connectivity index (χ0) is 15.1. The lowest BCUT2D eigenvalue weighted by molar-refractivity contribution is -0.131. The monoisotopic (exact) mass is 286 g/mol. The molecule has 0 bridgehead atoms. The van der Waals surface area contributed by atoms with E-state index in [0.29, 0.717) is 5.75 Å². The van der Waals surface area contributed by atoms with Crippen LogP contribution in [-0.2, 0) is 4.79 Å². The van der Waals surface area contributed by atoms with Gasteiger partial charge in [-0.2, -0.15) is 0 Å². The van der Waals surface area contributed by atoms with E-state index >= 15 is 0 Å². The van der Waals surface area contributed by atoms with Crippen LogP contribution in [0.25, 0.3) is 32.3 Å². The highest BCUT2D eigenvalue weighted by molar-refractivity contribution is 6.18. The Labute approximate surface area is 127 Å². The van der Waals surface area contributed by atoms with E-state index in [1.165, 1.54) is 28.5 Å². The Morgan fingerprint density at radius 2 is 1.32 bits per heavy atom. The molecule has 0 heterocycles. The van der Waals surface area contributed by atoms with Crippen LogP contribution in [-0.4, -0.2) is 5.97 Å². The van der Waals surface area contributed by atoms with E-state index in [9.17, 15) is 4.79 Å². The van der Waals surface area contributed by atoms with Crippen LogP contribution in [0, 0.1) is 0 Å². The Hall–Kier alpha value is -2.87. The van der Waals surface area contributed by atoms with Crippen molar-refractivity contribution in [3.63, 3.8) is 0 Å². The van der Waals surface area contributed by atoms with E-state index in [4.69, 9.17) is 4.74 Å². The molecule has 4 aromatic carbocycles. The topological polar surface area (TPSA) is 26.3 Å². The van der Waals surface area contributed by atoms with Crippen molar-refractivity contribution < 1.29 is 9.53 Å². The van der Waals surface area contributed by atoms with Crippen LogP contribution in [0.3, 0.4) is 0 Å². The van der Waals surface area contributed by atoms with Gasteiger partial charge in [-0.1, -0.05) is 54.6 Å². The zero-order valence-electron chi connectivity index (χ0n) is 12.2. The van der Waals surface area contributed by atoms with Gasteiger partial charge in [-0.25, -0.2) is 0 Å². The zero-order valence-corrected chi connectivity index (χ0v) is 12.2. The maximum Gasteiger partial charge on any atom is 0.308 e. The third-order valence-corrected chi connectivity index (χ3v) is 4.00.